The molecule has 10 heteroatoms. The summed E-state index contributed by atoms with van der Waals surface area (Å²) in [5, 5.41) is 2.85. The SMILES string of the molecule is NC(=O)[C@@H](NC(=O)[C@@H]1CCCC[C@H]1N1CCN(S(=O)(=O)c2ccc(F)cc2)CC1)c1ccccc1. The van der Waals surface area contributed by atoms with Crippen molar-refractivity contribution < 1.29 is 22.4 Å². The van der Waals surface area contributed by atoms with E-state index in [1.54, 1.807) is 24.3 Å². The van der Waals surface area contributed by atoms with Crippen molar-refractivity contribution in [3.05, 3.63) is 66.0 Å². The molecule has 0 spiro atoms. The van der Waals surface area contributed by atoms with Gasteiger partial charge < -0.3 is 11.1 Å². The van der Waals surface area contributed by atoms with Crippen LogP contribution >= 0.6 is 0 Å². The zero-order valence-electron chi connectivity index (χ0n) is 19.5. The van der Waals surface area contributed by atoms with Crippen molar-refractivity contribution in [2.45, 2.75) is 42.7 Å². The number of sulfonamides is 1. The van der Waals surface area contributed by atoms with E-state index in [0.717, 1.165) is 31.4 Å². The van der Waals surface area contributed by atoms with Crippen molar-refractivity contribution in [3.63, 3.8) is 0 Å². The number of hydrogen-bond donors (Lipinski definition) is 2. The Bertz CT molecular complexity index is 1140. The van der Waals surface area contributed by atoms with Crippen molar-refractivity contribution in [3.8, 4) is 0 Å². The van der Waals surface area contributed by atoms with Gasteiger partial charge in [0.15, 0.2) is 0 Å². The number of nitrogens with one attached hydrogen (secondary N) is 1. The van der Waals surface area contributed by atoms with Crippen LogP contribution in [-0.2, 0) is 19.6 Å². The van der Waals surface area contributed by atoms with Gasteiger partial charge in [-0.2, -0.15) is 4.31 Å². The van der Waals surface area contributed by atoms with Crippen LogP contribution in [0.1, 0.15) is 37.3 Å². The van der Waals surface area contributed by atoms with Gasteiger partial charge in [0.1, 0.15) is 11.9 Å². The topological polar surface area (TPSA) is 113 Å². The maximum Gasteiger partial charge on any atom is 0.244 e. The molecular weight excluding hydrogens is 471 g/mol. The summed E-state index contributed by atoms with van der Waals surface area (Å²) in [4.78, 5) is 27.6. The average Bonchev–Trinajstić information content (AvgIpc) is 2.88. The minimum atomic E-state index is -3.71. The number of carbonyl (C=O) groups excluding carboxylic acids is 2. The molecule has 4 rings (SSSR count). The first-order chi connectivity index (χ1) is 16.8. The highest BCUT2D eigenvalue weighted by Gasteiger charge is 2.39. The molecule has 1 saturated carbocycles. The van der Waals surface area contributed by atoms with Crippen LogP contribution in [0.4, 0.5) is 4.39 Å². The summed E-state index contributed by atoms with van der Waals surface area (Å²) >= 11 is 0. The van der Waals surface area contributed by atoms with Gasteiger partial charge in [-0.25, -0.2) is 12.8 Å². The highest BCUT2D eigenvalue weighted by Crippen LogP contribution is 2.31. The molecule has 0 radical (unpaired) electrons. The molecule has 2 fully saturated rings. The fourth-order valence-electron chi connectivity index (χ4n) is 5.10. The van der Waals surface area contributed by atoms with Crippen LogP contribution in [-0.4, -0.2) is 61.7 Å². The van der Waals surface area contributed by atoms with Crippen LogP contribution in [0.2, 0.25) is 0 Å². The van der Waals surface area contributed by atoms with Crippen LogP contribution in [0.5, 0.6) is 0 Å². The van der Waals surface area contributed by atoms with Gasteiger partial charge >= 0.3 is 0 Å². The Hall–Kier alpha value is -2.82. The molecular formula is C25H31FN4O4S. The maximum atomic E-state index is 13.3. The summed E-state index contributed by atoms with van der Waals surface area (Å²) in [6.45, 7) is 1.57. The lowest BCUT2D eigenvalue weighted by atomic mass is 9.82. The third-order valence-electron chi connectivity index (χ3n) is 6.96. The molecule has 2 aliphatic rings. The summed E-state index contributed by atoms with van der Waals surface area (Å²) < 4.78 is 40.5. The number of nitrogens with zero attached hydrogens (tertiary/aromatic N) is 2. The normalized spacial score (nSPS) is 22.9. The van der Waals surface area contributed by atoms with Gasteiger partial charge in [-0.15, -0.1) is 0 Å². The van der Waals surface area contributed by atoms with E-state index in [-0.39, 0.29) is 22.8 Å². The van der Waals surface area contributed by atoms with Gasteiger partial charge in [0.05, 0.1) is 10.8 Å². The van der Waals surface area contributed by atoms with E-state index in [2.05, 4.69) is 10.2 Å². The highest BCUT2D eigenvalue weighted by atomic mass is 32.2. The zero-order chi connectivity index (χ0) is 25.0. The molecule has 2 amide bonds. The van der Waals surface area contributed by atoms with Crippen LogP contribution in [0.15, 0.2) is 59.5 Å². The second-order valence-electron chi connectivity index (χ2n) is 9.11. The summed E-state index contributed by atoms with van der Waals surface area (Å²) in [6, 6.07) is 12.8. The lowest BCUT2D eigenvalue weighted by molar-refractivity contribution is -0.133. The van der Waals surface area contributed by atoms with E-state index in [1.807, 2.05) is 6.07 Å². The molecule has 1 aliphatic carbocycles. The number of benzene rings is 2. The van der Waals surface area contributed by atoms with Gasteiger partial charge in [0, 0.05) is 32.2 Å². The Morgan fingerprint density at radius 2 is 1.57 bits per heavy atom. The molecule has 188 valence electrons. The van der Waals surface area contributed by atoms with E-state index in [1.165, 1.54) is 16.4 Å². The van der Waals surface area contributed by atoms with Crippen molar-refractivity contribution in [1.29, 1.82) is 0 Å². The minimum absolute atomic E-state index is 0.0382. The summed E-state index contributed by atoms with van der Waals surface area (Å²) in [7, 11) is -3.71. The smallest absolute Gasteiger partial charge is 0.244 e. The number of piperazine rings is 1. The second kappa shape index (κ2) is 10.8. The first-order valence-corrected chi connectivity index (χ1v) is 13.4. The summed E-state index contributed by atoms with van der Waals surface area (Å²) in [5.41, 5.74) is 6.23. The first kappa shape index (κ1) is 25.3. The van der Waals surface area contributed by atoms with Crippen molar-refractivity contribution in [2.75, 3.05) is 26.2 Å². The van der Waals surface area contributed by atoms with Crippen LogP contribution in [0.25, 0.3) is 0 Å². The number of hydrogen-bond acceptors (Lipinski definition) is 5. The Labute approximate surface area is 205 Å². The van der Waals surface area contributed by atoms with E-state index in [4.69, 9.17) is 5.73 Å². The van der Waals surface area contributed by atoms with Crippen molar-refractivity contribution in [1.82, 2.24) is 14.5 Å². The first-order valence-electron chi connectivity index (χ1n) is 11.9. The summed E-state index contributed by atoms with van der Waals surface area (Å²) in [6.07, 6.45) is 3.43. The Kier molecular flexibility index (Phi) is 7.83. The molecule has 0 bridgehead atoms. The second-order valence-corrected chi connectivity index (χ2v) is 11.0. The quantitative estimate of drug-likeness (QED) is 0.602. The standard InChI is InChI=1S/C25H31FN4O4S/c26-19-10-12-20(13-11-19)35(33,34)30-16-14-29(15-17-30)22-9-5-4-8-21(22)25(32)28-23(24(27)31)18-6-2-1-3-7-18/h1-3,6-7,10-13,21-23H,4-5,8-9,14-17H2,(H2,27,31)(H,28,32)/t21-,22-,23+/m1/s1. The van der Waals surface area contributed by atoms with E-state index >= 15 is 0 Å². The van der Waals surface area contributed by atoms with Crippen molar-refractivity contribution in [2.24, 2.45) is 11.7 Å². The van der Waals surface area contributed by atoms with Crippen LogP contribution < -0.4 is 11.1 Å². The molecule has 3 N–H and O–H groups in total. The summed E-state index contributed by atoms with van der Waals surface area (Å²) in [5.74, 6) is -1.61. The largest absolute Gasteiger partial charge is 0.368 e. The van der Waals surface area contributed by atoms with Crippen molar-refractivity contribution >= 4 is 21.8 Å². The van der Waals surface area contributed by atoms with Crippen LogP contribution in [0.3, 0.4) is 0 Å². The molecule has 3 atom stereocenters. The third kappa shape index (κ3) is 5.71. The fourth-order valence-corrected chi connectivity index (χ4v) is 6.52. The molecule has 0 unspecified atom stereocenters. The van der Waals surface area contributed by atoms with Gasteiger partial charge in [-0.05, 0) is 42.7 Å². The van der Waals surface area contributed by atoms with Gasteiger partial charge in [-0.3, -0.25) is 14.5 Å². The molecule has 35 heavy (non-hydrogen) atoms. The molecule has 1 saturated heterocycles. The molecule has 8 nitrogen and oxygen atoms in total. The molecule has 1 aliphatic heterocycles. The Balaban J connectivity index is 1.42. The molecule has 0 aromatic heterocycles. The van der Waals surface area contributed by atoms with Gasteiger partial charge in [0.2, 0.25) is 21.8 Å². The third-order valence-corrected chi connectivity index (χ3v) is 8.88. The monoisotopic (exact) mass is 502 g/mol. The van der Waals surface area contributed by atoms with Gasteiger partial charge in [-0.1, -0.05) is 43.2 Å². The van der Waals surface area contributed by atoms with E-state index in [0.29, 0.717) is 38.2 Å². The predicted molar refractivity (Wildman–Crippen MR) is 129 cm³/mol. The van der Waals surface area contributed by atoms with Crippen LogP contribution in [0, 0.1) is 11.7 Å². The Morgan fingerprint density at radius 3 is 2.20 bits per heavy atom. The molecule has 1 heterocycles. The molecule has 2 aromatic carbocycles. The molecule has 2 aromatic rings. The van der Waals surface area contributed by atoms with E-state index < -0.39 is 27.8 Å². The number of amides is 2. The Morgan fingerprint density at radius 1 is 0.943 bits per heavy atom. The zero-order valence-corrected chi connectivity index (χ0v) is 20.3. The highest BCUT2D eigenvalue weighted by molar-refractivity contribution is 7.89. The fraction of sp³-hybridized carbons (Fsp3) is 0.440. The minimum Gasteiger partial charge on any atom is -0.368 e. The number of rotatable bonds is 7. The number of carbonyl (C=O) groups is 2. The lowest BCUT2D eigenvalue weighted by Crippen LogP contribution is -2.56. The number of primary amides is 1. The van der Waals surface area contributed by atoms with Gasteiger partial charge in [0.25, 0.3) is 0 Å². The number of nitrogens with two attached hydrogens (primary N) is 1. The predicted octanol–water partition coefficient (Wildman–Crippen LogP) is 2.03. The maximum absolute atomic E-state index is 13.3. The number of halogens is 1. The van der Waals surface area contributed by atoms with E-state index in [9.17, 15) is 22.4 Å². The average molecular weight is 503 g/mol. The lowest BCUT2D eigenvalue weighted by Gasteiger charge is -2.43.